The highest BCUT2D eigenvalue weighted by Crippen LogP contribution is 1.95. The second-order valence-corrected chi connectivity index (χ2v) is 3.59. The largest absolute Gasteiger partial charge is 0.111 e. The minimum atomic E-state index is 0.757. The Kier molecular flexibility index (Phi) is 3.11. The predicted octanol–water partition coefficient (Wildman–Crippen LogP) is 1.72. The fourth-order valence-corrected chi connectivity index (χ4v) is 1.94. The highest BCUT2D eigenvalue weighted by Gasteiger charge is 1.96. The van der Waals surface area contributed by atoms with Crippen LogP contribution in [0.4, 0.5) is 0 Å². The van der Waals surface area contributed by atoms with Crippen molar-refractivity contribution in [2.75, 3.05) is 0 Å². The van der Waals surface area contributed by atoms with Gasteiger partial charge in [0.15, 0.2) is 0 Å². The molecule has 0 bridgehead atoms. The van der Waals surface area contributed by atoms with Crippen LogP contribution in [-0.2, 0) is 6.42 Å². The topological polar surface area (TPSA) is 0 Å². The number of aryl methyl sites for hydroxylation is 1. The molecule has 1 aromatic rings. The molecule has 1 heteroatoms. The molecule has 0 heterocycles. The third kappa shape index (κ3) is 2.05. The summed E-state index contributed by atoms with van der Waals surface area (Å²) in [5.74, 6) is 0. The van der Waals surface area contributed by atoms with Gasteiger partial charge in [-0.25, -0.2) is 0 Å². The first-order valence-electron chi connectivity index (χ1n) is 3.83. The van der Waals surface area contributed by atoms with E-state index >= 15 is 0 Å². The molecule has 0 aliphatic heterocycles. The maximum atomic E-state index is 3.74. The van der Waals surface area contributed by atoms with Gasteiger partial charge in [0.1, 0.15) is 9.52 Å². The number of hydrogen-bond donors (Lipinski definition) is 0. The molecule has 0 aliphatic rings. The molecule has 0 fully saturated rings. The third-order valence-electron chi connectivity index (χ3n) is 1.66. The first kappa shape index (κ1) is 8.28. The van der Waals surface area contributed by atoms with Gasteiger partial charge in [0.25, 0.3) is 0 Å². The zero-order valence-electron chi connectivity index (χ0n) is 6.80. The van der Waals surface area contributed by atoms with Crippen molar-refractivity contribution in [3.63, 3.8) is 0 Å². The summed E-state index contributed by atoms with van der Waals surface area (Å²) in [6, 6.07) is 8.55. The summed E-state index contributed by atoms with van der Waals surface area (Å²) in [5.41, 5.74) is 3.43. The molecular weight excluding hydrogens is 148 g/mol. The first-order chi connectivity index (χ1) is 5.38. The van der Waals surface area contributed by atoms with Gasteiger partial charge in [0.05, 0.1) is 0 Å². The Labute approximate surface area is 70.8 Å². The van der Waals surface area contributed by atoms with Crippen LogP contribution in [0.15, 0.2) is 36.5 Å². The molecule has 0 atom stereocenters. The Bertz CT molecular complexity index is 240. The van der Waals surface area contributed by atoms with Crippen molar-refractivity contribution in [3.05, 3.63) is 42.1 Å². The summed E-state index contributed by atoms with van der Waals surface area (Å²) < 4.78 is 0. The molecular formula is C10H12Si. The van der Waals surface area contributed by atoms with Crippen LogP contribution in [0.5, 0.6) is 0 Å². The van der Waals surface area contributed by atoms with Crippen LogP contribution in [0.1, 0.15) is 12.5 Å². The zero-order chi connectivity index (χ0) is 8.10. The molecule has 1 rings (SSSR count). The van der Waals surface area contributed by atoms with Gasteiger partial charge in [-0.3, -0.25) is 0 Å². The second kappa shape index (κ2) is 4.14. The Balaban J connectivity index is 2.92. The highest BCUT2D eigenvalue weighted by atomic mass is 28.2. The van der Waals surface area contributed by atoms with E-state index in [1.807, 2.05) is 5.70 Å². The van der Waals surface area contributed by atoms with Gasteiger partial charge in [0, 0.05) is 0 Å². The summed E-state index contributed by atoms with van der Waals surface area (Å²) in [4.78, 5) is 0. The van der Waals surface area contributed by atoms with Gasteiger partial charge < -0.3 is 0 Å². The van der Waals surface area contributed by atoms with Crippen molar-refractivity contribution in [1.29, 1.82) is 0 Å². The lowest BCUT2D eigenvalue weighted by Gasteiger charge is -2.02. The van der Waals surface area contributed by atoms with Crippen LogP contribution in [0.25, 0.3) is 0 Å². The van der Waals surface area contributed by atoms with Gasteiger partial charge in [-0.1, -0.05) is 36.4 Å². The van der Waals surface area contributed by atoms with Gasteiger partial charge in [0.2, 0.25) is 0 Å². The SMILES string of the molecule is C=C[Si]c1ccccc1CC. The average molecular weight is 160 g/mol. The molecule has 2 radical (unpaired) electrons. The minimum Gasteiger partial charge on any atom is -0.107 e. The van der Waals surface area contributed by atoms with Crippen LogP contribution < -0.4 is 5.19 Å². The normalized spacial score (nSPS) is 9.55. The quantitative estimate of drug-likeness (QED) is 0.591. The van der Waals surface area contributed by atoms with E-state index in [0.717, 1.165) is 15.9 Å². The molecule has 0 nitrogen and oxygen atoms in total. The lowest BCUT2D eigenvalue weighted by molar-refractivity contribution is 1.15. The highest BCUT2D eigenvalue weighted by molar-refractivity contribution is 6.58. The minimum absolute atomic E-state index is 0.757. The van der Waals surface area contributed by atoms with Crippen LogP contribution in [0, 0.1) is 0 Å². The standard InChI is InChI=1S/C10H12Si/c1-3-9-7-5-6-8-10(9)11-4-2/h4-8H,2-3H2,1H3. The number of rotatable bonds is 3. The Morgan fingerprint density at radius 2 is 2.18 bits per heavy atom. The maximum Gasteiger partial charge on any atom is 0.111 e. The van der Waals surface area contributed by atoms with E-state index < -0.39 is 0 Å². The summed E-state index contributed by atoms with van der Waals surface area (Å²) in [7, 11) is 0.757. The molecule has 0 aliphatic carbocycles. The molecule has 0 amide bonds. The third-order valence-corrected chi connectivity index (χ3v) is 2.66. The number of benzene rings is 1. The van der Waals surface area contributed by atoms with E-state index in [1.165, 1.54) is 10.8 Å². The lowest BCUT2D eigenvalue weighted by atomic mass is 10.2. The monoisotopic (exact) mass is 160 g/mol. The van der Waals surface area contributed by atoms with Crippen LogP contribution in [0.3, 0.4) is 0 Å². The zero-order valence-corrected chi connectivity index (χ0v) is 7.80. The van der Waals surface area contributed by atoms with Crippen molar-refractivity contribution in [1.82, 2.24) is 0 Å². The van der Waals surface area contributed by atoms with Crippen molar-refractivity contribution < 1.29 is 0 Å². The molecule has 1 aromatic carbocycles. The van der Waals surface area contributed by atoms with E-state index in [9.17, 15) is 0 Å². The summed E-state index contributed by atoms with van der Waals surface area (Å²) >= 11 is 0. The number of hydrogen-bond acceptors (Lipinski definition) is 0. The summed E-state index contributed by atoms with van der Waals surface area (Å²) in [6.45, 7) is 5.93. The summed E-state index contributed by atoms with van der Waals surface area (Å²) in [5, 5.41) is 1.44. The van der Waals surface area contributed by atoms with E-state index in [-0.39, 0.29) is 0 Å². The van der Waals surface area contributed by atoms with Gasteiger partial charge in [-0.15, -0.1) is 12.3 Å². The van der Waals surface area contributed by atoms with E-state index in [0.29, 0.717) is 0 Å². The predicted molar refractivity (Wildman–Crippen MR) is 51.4 cm³/mol. The molecule has 0 aromatic heterocycles. The molecule has 0 unspecified atom stereocenters. The fraction of sp³-hybridized carbons (Fsp3) is 0.200. The first-order valence-corrected chi connectivity index (χ1v) is 4.91. The van der Waals surface area contributed by atoms with E-state index in [2.05, 4.69) is 37.8 Å². The maximum absolute atomic E-state index is 3.74. The van der Waals surface area contributed by atoms with Crippen molar-refractivity contribution in [2.45, 2.75) is 13.3 Å². The lowest BCUT2D eigenvalue weighted by Crippen LogP contribution is -2.16. The fourth-order valence-electron chi connectivity index (χ4n) is 1.08. The van der Waals surface area contributed by atoms with Crippen LogP contribution in [0.2, 0.25) is 0 Å². The van der Waals surface area contributed by atoms with Crippen molar-refractivity contribution in [2.24, 2.45) is 0 Å². The molecule has 0 saturated carbocycles. The van der Waals surface area contributed by atoms with Crippen molar-refractivity contribution in [3.8, 4) is 0 Å². The van der Waals surface area contributed by atoms with Crippen LogP contribution in [-0.4, -0.2) is 9.52 Å². The Morgan fingerprint density at radius 1 is 1.45 bits per heavy atom. The molecule has 0 N–H and O–H groups in total. The van der Waals surface area contributed by atoms with Crippen molar-refractivity contribution >= 4 is 14.7 Å². The average Bonchev–Trinajstić information content (AvgIpc) is 2.06. The second-order valence-electron chi connectivity index (χ2n) is 2.36. The Morgan fingerprint density at radius 3 is 2.82 bits per heavy atom. The molecule has 0 spiro atoms. The van der Waals surface area contributed by atoms with E-state index in [1.54, 1.807) is 0 Å². The summed E-state index contributed by atoms with van der Waals surface area (Å²) in [6.07, 6.45) is 1.12. The van der Waals surface area contributed by atoms with E-state index in [4.69, 9.17) is 0 Å². The van der Waals surface area contributed by atoms with Gasteiger partial charge in [-0.05, 0) is 12.0 Å². The van der Waals surface area contributed by atoms with Crippen LogP contribution >= 0.6 is 0 Å². The smallest absolute Gasteiger partial charge is 0.107 e. The molecule has 56 valence electrons. The molecule has 11 heavy (non-hydrogen) atoms. The molecule has 0 saturated heterocycles. The van der Waals surface area contributed by atoms with Gasteiger partial charge >= 0.3 is 0 Å². The Hall–Kier alpha value is -0.823. The van der Waals surface area contributed by atoms with Gasteiger partial charge in [-0.2, -0.15) is 0 Å².